The van der Waals surface area contributed by atoms with Crippen LogP contribution in [0, 0.1) is 0 Å². The number of halogens is 1. The Balaban J connectivity index is 0.000000214. The minimum Gasteiger partial charge on any atom is -0.451 e. The van der Waals surface area contributed by atoms with E-state index in [1.165, 1.54) is 18.1 Å². The van der Waals surface area contributed by atoms with Gasteiger partial charge < -0.3 is 9.47 Å². The molecule has 4 rings (SSSR count). The van der Waals surface area contributed by atoms with E-state index >= 15 is 0 Å². The summed E-state index contributed by atoms with van der Waals surface area (Å²) < 4.78 is 24.8. The van der Waals surface area contributed by atoms with Crippen LogP contribution in [0.1, 0.15) is 90.3 Å². The van der Waals surface area contributed by atoms with Crippen molar-refractivity contribution in [3.05, 3.63) is 46.0 Å². The van der Waals surface area contributed by atoms with Gasteiger partial charge in [-0.05, 0) is 70.1 Å². The van der Waals surface area contributed by atoms with E-state index < -0.39 is 11.3 Å². The Hall–Kier alpha value is -2.05. The molecule has 0 unspecified atom stereocenters. The van der Waals surface area contributed by atoms with Crippen molar-refractivity contribution in [1.29, 1.82) is 0 Å². The number of carbonyl (C=O) groups is 2. The molecule has 0 saturated carbocycles. The van der Waals surface area contributed by atoms with E-state index in [4.69, 9.17) is 9.47 Å². The van der Waals surface area contributed by atoms with Gasteiger partial charge in [-0.25, -0.2) is 9.18 Å². The van der Waals surface area contributed by atoms with Gasteiger partial charge in [0, 0.05) is 56.3 Å². The molecule has 2 saturated heterocycles. The second-order valence-electron chi connectivity index (χ2n) is 10.9. The molecule has 1 spiro atoms. The molecule has 0 atom stereocenters. The van der Waals surface area contributed by atoms with E-state index in [1.54, 1.807) is 20.8 Å². The largest absolute Gasteiger partial charge is 0.451 e. The van der Waals surface area contributed by atoms with E-state index in [0.717, 1.165) is 76.8 Å². The Morgan fingerprint density at radius 3 is 2.31 bits per heavy atom. The summed E-state index contributed by atoms with van der Waals surface area (Å²) in [6, 6.07) is 6.59. The summed E-state index contributed by atoms with van der Waals surface area (Å²) in [5, 5.41) is 0. The summed E-state index contributed by atoms with van der Waals surface area (Å²) in [5.74, 6) is -0.349. The number of hydrogen-bond donors (Lipinski definition) is 0. The van der Waals surface area contributed by atoms with Gasteiger partial charge in [-0.1, -0.05) is 38.5 Å². The Bertz CT molecular complexity index is 964. The summed E-state index contributed by atoms with van der Waals surface area (Å²) in [7, 11) is 0. The van der Waals surface area contributed by atoms with E-state index in [9.17, 15) is 14.0 Å². The van der Waals surface area contributed by atoms with Crippen LogP contribution in [-0.4, -0.2) is 54.6 Å². The molecule has 0 aliphatic carbocycles. The van der Waals surface area contributed by atoms with Gasteiger partial charge >= 0.3 is 5.97 Å². The number of ketones is 1. The molecular weight excluding hydrogens is 457 g/mol. The predicted octanol–water partition coefficient (Wildman–Crippen LogP) is 5.87. The fraction of sp³-hybridized carbons (Fsp3) is 0.667. The molecule has 1 aromatic carbocycles. The molecule has 1 aromatic rings. The lowest BCUT2D eigenvalue weighted by atomic mass is 9.81. The van der Waals surface area contributed by atoms with Crippen molar-refractivity contribution in [2.45, 2.75) is 104 Å². The van der Waals surface area contributed by atoms with Gasteiger partial charge in [0.15, 0.2) is 5.78 Å². The number of hydrogen-bond acceptors (Lipinski definition) is 5. The Kier molecular flexibility index (Phi) is 9.50. The standard InChI is InChI=1S/C16H23NO4.C14H21F/c1-11-14(12(2)18)16(21-15(11)19)5-7-17(8-6-16)13-3-9-20-10-4-13;1-5-7-12-8-9-13(14(3,4)15)10-11(12)6-2/h13H,3-10H2,1-2H3;8-10H,5-7H2,1-4H3. The number of ether oxygens (including phenoxy) is 2. The first kappa shape index (κ1) is 28.5. The monoisotopic (exact) mass is 501 g/mol. The van der Waals surface area contributed by atoms with Crippen molar-refractivity contribution < 1.29 is 23.5 Å². The topological polar surface area (TPSA) is 55.8 Å². The smallest absolute Gasteiger partial charge is 0.335 e. The van der Waals surface area contributed by atoms with Gasteiger partial charge in [-0.2, -0.15) is 0 Å². The Morgan fingerprint density at radius 1 is 1.14 bits per heavy atom. The number of nitrogens with zero attached hydrogens (tertiary/aromatic N) is 1. The number of likely N-dealkylation sites (tertiary alicyclic amines) is 1. The van der Waals surface area contributed by atoms with Gasteiger partial charge in [0.2, 0.25) is 0 Å². The molecule has 0 bridgehead atoms. The number of alkyl halides is 1. The Morgan fingerprint density at radius 2 is 1.78 bits per heavy atom. The molecule has 200 valence electrons. The molecule has 3 aliphatic heterocycles. The lowest BCUT2D eigenvalue weighted by Crippen LogP contribution is -2.51. The summed E-state index contributed by atoms with van der Waals surface area (Å²) in [6.45, 7) is 14.2. The maximum atomic E-state index is 13.8. The summed E-state index contributed by atoms with van der Waals surface area (Å²) in [4.78, 5) is 26.3. The maximum Gasteiger partial charge on any atom is 0.335 e. The molecule has 0 radical (unpaired) electrons. The highest BCUT2D eigenvalue weighted by Gasteiger charge is 2.50. The average Bonchev–Trinajstić information content (AvgIpc) is 3.09. The molecule has 3 heterocycles. The van der Waals surface area contributed by atoms with Crippen molar-refractivity contribution in [3.8, 4) is 0 Å². The molecule has 0 aromatic heterocycles. The first-order valence-electron chi connectivity index (χ1n) is 13.6. The molecule has 0 amide bonds. The van der Waals surface area contributed by atoms with E-state index in [-0.39, 0.29) is 11.8 Å². The van der Waals surface area contributed by atoms with Crippen LogP contribution in [0.4, 0.5) is 4.39 Å². The van der Waals surface area contributed by atoms with Crippen molar-refractivity contribution in [2.24, 2.45) is 0 Å². The fourth-order valence-corrected chi connectivity index (χ4v) is 5.82. The highest BCUT2D eigenvalue weighted by Crippen LogP contribution is 2.42. The van der Waals surface area contributed by atoms with E-state index in [0.29, 0.717) is 17.2 Å². The van der Waals surface area contributed by atoms with Crippen LogP contribution < -0.4 is 0 Å². The molecule has 6 heteroatoms. The normalized spacial score (nSPS) is 20.8. The lowest BCUT2D eigenvalue weighted by Gasteiger charge is -2.43. The van der Waals surface area contributed by atoms with Crippen LogP contribution >= 0.6 is 0 Å². The van der Waals surface area contributed by atoms with Crippen LogP contribution in [-0.2, 0) is 37.6 Å². The van der Waals surface area contributed by atoms with Crippen LogP contribution in [0.3, 0.4) is 0 Å². The summed E-state index contributed by atoms with van der Waals surface area (Å²) in [6.07, 6.45) is 6.81. The highest BCUT2D eigenvalue weighted by molar-refractivity contribution is 6.07. The highest BCUT2D eigenvalue weighted by atomic mass is 19.1. The number of Topliss-reactive ketones (excluding diaryl/α,β-unsaturated/α-hetero) is 1. The summed E-state index contributed by atoms with van der Waals surface area (Å²) in [5.41, 5.74) is 2.68. The molecule has 36 heavy (non-hydrogen) atoms. The average molecular weight is 502 g/mol. The molecular formula is C30H44FNO4. The fourth-order valence-electron chi connectivity index (χ4n) is 5.82. The van der Waals surface area contributed by atoms with Gasteiger partial charge in [0.1, 0.15) is 11.3 Å². The Labute approximate surface area is 216 Å². The molecule has 2 fully saturated rings. The number of piperidine rings is 1. The number of esters is 1. The third kappa shape index (κ3) is 6.44. The number of carbonyl (C=O) groups excluding carboxylic acids is 2. The third-order valence-corrected chi connectivity index (χ3v) is 7.88. The zero-order valence-corrected chi connectivity index (χ0v) is 23.0. The van der Waals surface area contributed by atoms with E-state index in [1.807, 2.05) is 12.1 Å². The SMILES string of the molecule is CC(=O)C1=C(C)C(=O)OC12CCN(C1CCOCC1)CC2.CCCc1ccc(C(C)(C)F)cc1CC. The number of aryl methyl sites for hydroxylation is 2. The summed E-state index contributed by atoms with van der Waals surface area (Å²) >= 11 is 0. The minimum absolute atomic E-state index is 0.0298. The van der Waals surface area contributed by atoms with Crippen LogP contribution in [0.15, 0.2) is 29.3 Å². The maximum absolute atomic E-state index is 13.8. The van der Waals surface area contributed by atoms with Gasteiger partial charge in [0.05, 0.1) is 0 Å². The second-order valence-corrected chi connectivity index (χ2v) is 10.9. The van der Waals surface area contributed by atoms with Crippen molar-refractivity contribution in [2.75, 3.05) is 26.3 Å². The first-order valence-corrected chi connectivity index (χ1v) is 13.6. The predicted molar refractivity (Wildman–Crippen MR) is 141 cm³/mol. The first-order chi connectivity index (χ1) is 17.0. The molecule has 3 aliphatic rings. The quantitative estimate of drug-likeness (QED) is 0.457. The number of rotatable bonds is 6. The molecule has 0 N–H and O–H groups in total. The van der Waals surface area contributed by atoms with Gasteiger partial charge in [-0.15, -0.1) is 0 Å². The molecule has 5 nitrogen and oxygen atoms in total. The lowest BCUT2D eigenvalue weighted by molar-refractivity contribution is -0.151. The van der Waals surface area contributed by atoms with E-state index in [2.05, 4.69) is 24.8 Å². The van der Waals surface area contributed by atoms with Gasteiger partial charge in [-0.3, -0.25) is 9.69 Å². The minimum atomic E-state index is -1.23. The van der Waals surface area contributed by atoms with Crippen molar-refractivity contribution in [3.63, 3.8) is 0 Å². The van der Waals surface area contributed by atoms with Crippen LogP contribution in [0.2, 0.25) is 0 Å². The van der Waals surface area contributed by atoms with Crippen molar-refractivity contribution in [1.82, 2.24) is 4.90 Å². The second kappa shape index (κ2) is 12.0. The van der Waals surface area contributed by atoms with Crippen molar-refractivity contribution >= 4 is 11.8 Å². The van der Waals surface area contributed by atoms with Gasteiger partial charge in [0.25, 0.3) is 0 Å². The van der Waals surface area contributed by atoms with Crippen LogP contribution in [0.5, 0.6) is 0 Å². The zero-order valence-electron chi connectivity index (χ0n) is 23.0. The third-order valence-electron chi connectivity index (χ3n) is 7.88. The number of benzene rings is 1. The van der Waals surface area contributed by atoms with Crippen LogP contribution in [0.25, 0.3) is 0 Å². The zero-order chi connectivity index (χ0) is 26.5.